The molecule has 1 saturated carbocycles. The molecule has 2 aliphatic heterocycles. The Labute approximate surface area is 292 Å². The highest BCUT2D eigenvalue weighted by molar-refractivity contribution is 7.91. The Morgan fingerprint density at radius 1 is 1.08 bits per heavy atom. The molecule has 1 aliphatic carbocycles. The first-order valence-electron chi connectivity index (χ1n) is 16.6. The number of amides is 4. The number of carbonyl (C=O) groups excluding carboxylic acids is 4. The van der Waals surface area contributed by atoms with Crippen LogP contribution in [0.4, 0.5) is 4.79 Å². The number of ether oxygens (including phenoxy) is 3. The monoisotopic (exact) mass is 711 g/mol. The number of aromatic nitrogens is 1. The van der Waals surface area contributed by atoms with E-state index in [1.807, 2.05) is 29.0 Å². The smallest absolute Gasteiger partial charge is 0.408 e. The molecule has 14 nitrogen and oxygen atoms in total. The standard InChI is InChI=1S/C35H45N5O9S/c1-8-11-25(29(41)39-50(45,46)21-14-15-21)36-30(42)26-18-20(48-31-23-13-10-9-12-22(23)27-24(37-31)16-17-47-27)19-40(26)32(43)28(34(2,3)4)38-33(44)49-35(5,6)7/h8-13,20-21,26,28H,1,14-19H2,2-7H3,(H,36,42)(H,38,44)(H,39,41)/b25-11+/t20-,26+,28-/m1/s1. The number of hydrogen-bond acceptors (Lipinski definition) is 10. The lowest BCUT2D eigenvalue weighted by atomic mass is 9.85. The summed E-state index contributed by atoms with van der Waals surface area (Å²) in [5, 5.41) is 6.04. The van der Waals surface area contributed by atoms with E-state index in [9.17, 15) is 27.6 Å². The van der Waals surface area contributed by atoms with Crippen molar-refractivity contribution in [1.29, 1.82) is 0 Å². The molecule has 270 valence electrons. The first-order valence-corrected chi connectivity index (χ1v) is 18.1. The lowest BCUT2D eigenvalue weighted by Crippen LogP contribution is -2.58. The van der Waals surface area contributed by atoms with E-state index < -0.39 is 68.3 Å². The van der Waals surface area contributed by atoms with Gasteiger partial charge in [0.1, 0.15) is 35.2 Å². The number of alkyl carbamates (subject to hydrolysis) is 1. The second-order valence-corrected chi connectivity index (χ2v) is 16.7. The third-order valence-corrected chi connectivity index (χ3v) is 10.2. The van der Waals surface area contributed by atoms with Crippen molar-refractivity contribution in [3.63, 3.8) is 0 Å². The van der Waals surface area contributed by atoms with Crippen molar-refractivity contribution in [2.45, 2.75) is 96.3 Å². The van der Waals surface area contributed by atoms with Gasteiger partial charge in [0.15, 0.2) is 0 Å². The number of benzene rings is 1. The van der Waals surface area contributed by atoms with Crippen LogP contribution in [0, 0.1) is 5.41 Å². The molecule has 15 heteroatoms. The number of allylic oxidation sites excluding steroid dienone is 2. The highest BCUT2D eigenvalue weighted by Gasteiger charge is 2.47. The predicted octanol–water partition coefficient (Wildman–Crippen LogP) is 3.25. The molecular weight excluding hydrogens is 666 g/mol. The molecule has 4 amide bonds. The summed E-state index contributed by atoms with van der Waals surface area (Å²) in [6.45, 7) is 14.4. The van der Waals surface area contributed by atoms with Gasteiger partial charge in [-0.15, -0.1) is 0 Å². The normalized spacial score (nSPS) is 20.0. The van der Waals surface area contributed by atoms with Crippen LogP contribution in [0.5, 0.6) is 11.6 Å². The molecule has 1 aromatic carbocycles. The molecule has 2 fully saturated rings. The number of carbonyl (C=O) groups is 4. The van der Waals surface area contributed by atoms with Crippen LogP contribution in [-0.4, -0.2) is 84.3 Å². The van der Waals surface area contributed by atoms with Crippen molar-refractivity contribution in [3.8, 4) is 11.6 Å². The number of likely N-dealkylation sites (tertiary alicyclic amines) is 1. The second kappa shape index (κ2) is 13.9. The Balaban J connectivity index is 1.45. The molecule has 1 saturated heterocycles. The molecule has 0 unspecified atom stereocenters. The van der Waals surface area contributed by atoms with Crippen molar-refractivity contribution in [2.75, 3.05) is 13.2 Å². The van der Waals surface area contributed by atoms with Gasteiger partial charge in [-0.05, 0) is 51.2 Å². The van der Waals surface area contributed by atoms with Crippen molar-refractivity contribution >= 4 is 44.6 Å². The molecular formula is C35H45N5O9S. The zero-order valence-corrected chi connectivity index (χ0v) is 30.0. The predicted molar refractivity (Wildman–Crippen MR) is 185 cm³/mol. The van der Waals surface area contributed by atoms with E-state index in [2.05, 4.69) is 17.2 Å². The Bertz CT molecular complexity index is 1840. The summed E-state index contributed by atoms with van der Waals surface area (Å²) in [6.07, 6.45) is 2.33. The van der Waals surface area contributed by atoms with Gasteiger partial charge in [-0.25, -0.2) is 22.9 Å². The maximum absolute atomic E-state index is 14.4. The van der Waals surface area contributed by atoms with E-state index in [1.165, 1.54) is 17.1 Å². The average Bonchev–Trinajstić information content (AvgIpc) is 3.64. The quantitative estimate of drug-likeness (QED) is 0.244. The Morgan fingerprint density at radius 2 is 1.76 bits per heavy atom. The summed E-state index contributed by atoms with van der Waals surface area (Å²) in [5.41, 5.74) is -1.28. The van der Waals surface area contributed by atoms with Gasteiger partial charge in [0.05, 0.1) is 24.1 Å². The van der Waals surface area contributed by atoms with Gasteiger partial charge in [0, 0.05) is 23.6 Å². The maximum Gasteiger partial charge on any atom is 0.408 e. The van der Waals surface area contributed by atoms with Crippen LogP contribution in [0.2, 0.25) is 0 Å². The fraction of sp³-hybridized carbons (Fsp3) is 0.514. The first kappa shape index (κ1) is 36.6. The molecule has 3 heterocycles. The number of nitrogens with one attached hydrogen (secondary N) is 3. The van der Waals surface area contributed by atoms with Crippen LogP contribution in [-0.2, 0) is 35.6 Å². The second-order valence-electron chi connectivity index (χ2n) is 14.7. The molecule has 0 bridgehead atoms. The van der Waals surface area contributed by atoms with Gasteiger partial charge in [0.2, 0.25) is 27.7 Å². The number of rotatable bonds is 10. The SMILES string of the molecule is C=C/C=C(/NC(=O)[C@@H]1C[C@@H](Oc2nc3c(c4ccccc24)OCC3)CN1C(=O)[C@@H](NC(=O)OC(C)(C)C)C(C)(C)C)C(=O)NS(=O)(=O)C1CC1. The zero-order valence-electron chi connectivity index (χ0n) is 29.2. The number of pyridine rings is 1. The first-order chi connectivity index (χ1) is 23.4. The number of nitrogens with zero attached hydrogens (tertiary/aromatic N) is 2. The number of fused-ring (bicyclic) bond motifs is 3. The van der Waals surface area contributed by atoms with Crippen LogP contribution in [0.25, 0.3) is 10.8 Å². The minimum atomic E-state index is -3.93. The molecule has 3 atom stereocenters. The van der Waals surface area contributed by atoms with E-state index in [4.69, 9.17) is 19.2 Å². The third-order valence-electron chi connectivity index (χ3n) is 8.37. The topological polar surface area (TPSA) is 182 Å². The Hall–Kier alpha value is -4.66. The largest absolute Gasteiger partial charge is 0.491 e. The number of sulfonamides is 1. The average molecular weight is 712 g/mol. The van der Waals surface area contributed by atoms with Gasteiger partial charge in [-0.2, -0.15) is 0 Å². The van der Waals surface area contributed by atoms with Gasteiger partial charge < -0.3 is 29.7 Å². The molecule has 3 aliphatic rings. The molecule has 50 heavy (non-hydrogen) atoms. The van der Waals surface area contributed by atoms with Gasteiger partial charge in [-0.3, -0.25) is 14.4 Å². The summed E-state index contributed by atoms with van der Waals surface area (Å²) in [7, 11) is -3.93. The lowest BCUT2D eigenvalue weighted by Gasteiger charge is -2.35. The van der Waals surface area contributed by atoms with E-state index in [-0.39, 0.29) is 18.7 Å². The fourth-order valence-corrected chi connectivity index (χ4v) is 7.15. The van der Waals surface area contributed by atoms with Gasteiger partial charge in [0.25, 0.3) is 5.91 Å². The minimum Gasteiger partial charge on any atom is -0.491 e. The minimum absolute atomic E-state index is 0.00612. The number of hydrogen-bond donors (Lipinski definition) is 3. The van der Waals surface area contributed by atoms with E-state index in [1.54, 1.807) is 41.5 Å². The third kappa shape index (κ3) is 8.37. The van der Waals surface area contributed by atoms with Crippen molar-refractivity contribution in [1.82, 2.24) is 25.2 Å². The highest BCUT2D eigenvalue weighted by atomic mass is 32.2. The highest BCUT2D eigenvalue weighted by Crippen LogP contribution is 2.38. The molecule has 0 spiro atoms. The van der Waals surface area contributed by atoms with Crippen LogP contribution < -0.4 is 24.8 Å². The Morgan fingerprint density at radius 3 is 2.38 bits per heavy atom. The van der Waals surface area contributed by atoms with E-state index >= 15 is 0 Å². The summed E-state index contributed by atoms with van der Waals surface area (Å²) in [4.78, 5) is 60.3. The molecule has 2 aromatic rings. The summed E-state index contributed by atoms with van der Waals surface area (Å²) in [6, 6.07) is 5.17. The summed E-state index contributed by atoms with van der Waals surface area (Å²) < 4.78 is 44.7. The van der Waals surface area contributed by atoms with Crippen LogP contribution in [0.3, 0.4) is 0 Å². The Kier molecular flexibility index (Phi) is 10.2. The summed E-state index contributed by atoms with van der Waals surface area (Å²) in [5.74, 6) is -1.37. The van der Waals surface area contributed by atoms with Crippen LogP contribution >= 0.6 is 0 Å². The maximum atomic E-state index is 14.4. The van der Waals surface area contributed by atoms with Gasteiger partial charge in [-0.1, -0.05) is 51.6 Å². The van der Waals surface area contributed by atoms with Crippen molar-refractivity contribution < 1.29 is 41.8 Å². The molecule has 1 aromatic heterocycles. The van der Waals surface area contributed by atoms with Crippen molar-refractivity contribution in [3.05, 3.63) is 54.4 Å². The molecule has 0 radical (unpaired) electrons. The van der Waals surface area contributed by atoms with E-state index in [0.29, 0.717) is 42.9 Å². The molecule has 5 rings (SSSR count). The van der Waals surface area contributed by atoms with Crippen LogP contribution in [0.1, 0.15) is 66.5 Å². The summed E-state index contributed by atoms with van der Waals surface area (Å²) >= 11 is 0. The fourth-order valence-electron chi connectivity index (χ4n) is 5.85. The van der Waals surface area contributed by atoms with Crippen LogP contribution in [0.15, 0.2) is 48.7 Å². The lowest BCUT2D eigenvalue weighted by molar-refractivity contribution is -0.142. The molecule has 3 N–H and O–H groups in total. The van der Waals surface area contributed by atoms with E-state index in [0.717, 1.165) is 11.1 Å². The van der Waals surface area contributed by atoms with Crippen molar-refractivity contribution in [2.24, 2.45) is 5.41 Å². The zero-order chi connectivity index (χ0) is 36.6. The van der Waals surface area contributed by atoms with Gasteiger partial charge >= 0.3 is 6.09 Å².